The van der Waals surface area contributed by atoms with Gasteiger partial charge in [-0.05, 0) is 34.0 Å². The highest BCUT2D eigenvalue weighted by Gasteiger charge is 2.08. The van der Waals surface area contributed by atoms with Gasteiger partial charge in [0.1, 0.15) is 0 Å². The topological polar surface area (TPSA) is 42.1 Å². The van der Waals surface area contributed by atoms with Crippen LogP contribution in [0.5, 0.6) is 0 Å². The largest absolute Gasteiger partial charge is 0.469 e. The number of methoxy groups -OCH3 is 1. The maximum Gasteiger partial charge on any atom is 0.305 e. The van der Waals surface area contributed by atoms with E-state index >= 15 is 0 Å². The molecule has 16 heavy (non-hydrogen) atoms. The lowest BCUT2D eigenvalue weighted by molar-refractivity contribution is -0.140. The molecule has 0 saturated heterocycles. The van der Waals surface area contributed by atoms with E-state index in [1.54, 1.807) is 0 Å². The van der Waals surface area contributed by atoms with E-state index in [4.69, 9.17) is 0 Å². The van der Waals surface area contributed by atoms with E-state index in [9.17, 15) is 4.79 Å². The molecular formula is C12H12BrNO2. The van der Waals surface area contributed by atoms with Crippen molar-refractivity contribution in [1.29, 1.82) is 0 Å². The number of hydrogen-bond donors (Lipinski definition) is 1. The van der Waals surface area contributed by atoms with E-state index in [1.165, 1.54) is 7.11 Å². The predicted molar refractivity (Wildman–Crippen MR) is 66.3 cm³/mol. The number of halogens is 1. The number of carbonyl (C=O) groups is 1. The van der Waals surface area contributed by atoms with Crippen LogP contribution in [0.25, 0.3) is 10.9 Å². The van der Waals surface area contributed by atoms with Gasteiger partial charge in [-0.15, -0.1) is 0 Å². The molecule has 0 spiro atoms. The minimum absolute atomic E-state index is 0.177. The zero-order chi connectivity index (χ0) is 11.5. The molecule has 84 valence electrons. The van der Waals surface area contributed by atoms with Crippen molar-refractivity contribution in [2.45, 2.75) is 12.8 Å². The molecule has 2 aromatic rings. The number of rotatable bonds is 3. The third-order valence-electron chi connectivity index (χ3n) is 2.58. The highest BCUT2D eigenvalue weighted by molar-refractivity contribution is 9.10. The summed E-state index contributed by atoms with van der Waals surface area (Å²) in [6.07, 6.45) is 3.05. The second-order valence-electron chi connectivity index (χ2n) is 3.55. The maximum atomic E-state index is 11.1. The van der Waals surface area contributed by atoms with E-state index in [0.29, 0.717) is 12.8 Å². The number of aryl methyl sites for hydroxylation is 1. The van der Waals surface area contributed by atoms with Crippen molar-refractivity contribution in [3.05, 3.63) is 34.4 Å². The van der Waals surface area contributed by atoms with Gasteiger partial charge in [-0.2, -0.15) is 0 Å². The van der Waals surface area contributed by atoms with Crippen molar-refractivity contribution in [1.82, 2.24) is 4.98 Å². The fourth-order valence-electron chi connectivity index (χ4n) is 1.72. The summed E-state index contributed by atoms with van der Waals surface area (Å²) in [7, 11) is 1.41. The maximum absolute atomic E-state index is 11.1. The van der Waals surface area contributed by atoms with Crippen LogP contribution in [0.3, 0.4) is 0 Å². The average Bonchev–Trinajstić information content (AvgIpc) is 2.70. The lowest BCUT2D eigenvalue weighted by atomic mass is 10.1. The third-order valence-corrected chi connectivity index (χ3v) is 3.24. The summed E-state index contributed by atoms with van der Waals surface area (Å²) < 4.78 is 5.66. The molecule has 4 heteroatoms. The number of esters is 1. The summed E-state index contributed by atoms with van der Waals surface area (Å²) in [5.74, 6) is -0.177. The van der Waals surface area contributed by atoms with E-state index in [-0.39, 0.29) is 5.97 Å². The zero-order valence-electron chi connectivity index (χ0n) is 8.92. The molecule has 1 heterocycles. The zero-order valence-corrected chi connectivity index (χ0v) is 10.5. The molecule has 0 radical (unpaired) electrons. The van der Waals surface area contributed by atoms with Crippen molar-refractivity contribution in [2.75, 3.05) is 7.11 Å². The number of ether oxygens (including phenoxy) is 1. The lowest BCUT2D eigenvalue weighted by Crippen LogP contribution is -2.01. The Kier molecular flexibility index (Phi) is 3.29. The first-order valence-corrected chi connectivity index (χ1v) is 5.83. The smallest absolute Gasteiger partial charge is 0.305 e. The van der Waals surface area contributed by atoms with Crippen molar-refractivity contribution in [2.24, 2.45) is 0 Å². The van der Waals surface area contributed by atoms with Crippen LogP contribution >= 0.6 is 15.9 Å². The molecule has 0 aliphatic rings. The van der Waals surface area contributed by atoms with Crippen LogP contribution in [-0.2, 0) is 16.0 Å². The SMILES string of the molecule is COC(=O)CCc1c[nH]c2c(Br)cccc12. The van der Waals surface area contributed by atoms with Gasteiger partial charge in [-0.3, -0.25) is 4.79 Å². The highest BCUT2D eigenvalue weighted by Crippen LogP contribution is 2.26. The lowest BCUT2D eigenvalue weighted by Gasteiger charge is -1.99. The minimum Gasteiger partial charge on any atom is -0.469 e. The number of para-hydroxylation sites is 1. The molecule has 3 nitrogen and oxygen atoms in total. The molecule has 0 amide bonds. The summed E-state index contributed by atoms with van der Waals surface area (Å²) in [5, 5.41) is 1.15. The van der Waals surface area contributed by atoms with Crippen LogP contribution in [0, 0.1) is 0 Å². The van der Waals surface area contributed by atoms with Crippen molar-refractivity contribution < 1.29 is 9.53 Å². The van der Waals surface area contributed by atoms with Crippen LogP contribution in [0.1, 0.15) is 12.0 Å². The first-order valence-electron chi connectivity index (χ1n) is 5.03. The molecule has 0 aliphatic heterocycles. The Morgan fingerprint density at radius 1 is 1.50 bits per heavy atom. The second kappa shape index (κ2) is 4.70. The fraction of sp³-hybridized carbons (Fsp3) is 0.250. The first-order chi connectivity index (χ1) is 7.72. The van der Waals surface area contributed by atoms with Crippen molar-refractivity contribution in [3.8, 4) is 0 Å². The number of fused-ring (bicyclic) bond motifs is 1. The Morgan fingerprint density at radius 3 is 3.06 bits per heavy atom. The molecule has 2 rings (SSSR count). The summed E-state index contributed by atoms with van der Waals surface area (Å²) in [4.78, 5) is 14.3. The quantitative estimate of drug-likeness (QED) is 0.879. The molecule has 0 aliphatic carbocycles. The van der Waals surface area contributed by atoms with Crippen LogP contribution in [0.2, 0.25) is 0 Å². The first kappa shape index (κ1) is 11.2. The van der Waals surface area contributed by atoms with Gasteiger partial charge in [0.2, 0.25) is 0 Å². The van der Waals surface area contributed by atoms with Crippen LogP contribution in [-0.4, -0.2) is 18.1 Å². The number of aromatic nitrogens is 1. The molecule has 1 aromatic heterocycles. The van der Waals surface area contributed by atoms with Gasteiger partial charge in [0.25, 0.3) is 0 Å². The number of aromatic amines is 1. The van der Waals surface area contributed by atoms with Crippen molar-refractivity contribution >= 4 is 32.8 Å². The van der Waals surface area contributed by atoms with E-state index in [0.717, 1.165) is 20.9 Å². The summed E-state index contributed by atoms with van der Waals surface area (Å²) in [6.45, 7) is 0. The normalized spacial score (nSPS) is 10.6. The van der Waals surface area contributed by atoms with Gasteiger partial charge in [-0.25, -0.2) is 0 Å². The van der Waals surface area contributed by atoms with Gasteiger partial charge < -0.3 is 9.72 Å². The number of nitrogens with one attached hydrogen (secondary N) is 1. The molecule has 0 bridgehead atoms. The molecule has 0 fully saturated rings. The van der Waals surface area contributed by atoms with Crippen LogP contribution in [0.4, 0.5) is 0 Å². The molecule has 0 saturated carbocycles. The van der Waals surface area contributed by atoms with Crippen LogP contribution in [0.15, 0.2) is 28.9 Å². The Labute approximate surface area is 102 Å². The molecule has 1 N–H and O–H groups in total. The predicted octanol–water partition coefficient (Wildman–Crippen LogP) is 3.04. The average molecular weight is 282 g/mol. The van der Waals surface area contributed by atoms with E-state index in [1.807, 2.05) is 24.4 Å². The van der Waals surface area contributed by atoms with Gasteiger partial charge in [0.15, 0.2) is 0 Å². The summed E-state index contributed by atoms with van der Waals surface area (Å²) >= 11 is 3.48. The summed E-state index contributed by atoms with van der Waals surface area (Å²) in [6, 6.07) is 6.02. The van der Waals surface area contributed by atoms with E-state index < -0.39 is 0 Å². The Bertz CT molecular complexity index is 519. The number of benzene rings is 1. The van der Waals surface area contributed by atoms with Gasteiger partial charge in [0, 0.05) is 22.5 Å². The third kappa shape index (κ3) is 2.11. The Morgan fingerprint density at radius 2 is 2.31 bits per heavy atom. The molecular weight excluding hydrogens is 270 g/mol. The van der Waals surface area contributed by atoms with Gasteiger partial charge >= 0.3 is 5.97 Å². The Hall–Kier alpha value is -1.29. The second-order valence-corrected chi connectivity index (χ2v) is 4.41. The number of H-pyrrole nitrogens is 1. The van der Waals surface area contributed by atoms with Gasteiger partial charge in [0.05, 0.1) is 12.6 Å². The van der Waals surface area contributed by atoms with Gasteiger partial charge in [-0.1, -0.05) is 12.1 Å². The molecule has 1 aromatic carbocycles. The van der Waals surface area contributed by atoms with E-state index in [2.05, 4.69) is 25.7 Å². The monoisotopic (exact) mass is 281 g/mol. The highest BCUT2D eigenvalue weighted by atomic mass is 79.9. The molecule has 0 atom stereocenters. The molecule has 0 unspecified atom stereocenters. The Balaban J connectivity index is 2.25. The summed E-state index contributed by atoms with van der Waals surface area (Å²) in [5.41, 5.74) is 2.21. The van der Waals surface area contributed by atoms with Crippen molar-refractivity contribution in [3.63, 3.8) is 0 Å². The minimum atomic E-state index is -0.177. The number of carbonyl (C=O) groups excluding carboxylic acids is 1. The van der Waals surface area contributed by atoms with Crippen LogP contribution < -0.4 is 0 Å². The number of hydrogen-bond acceptors (Lipinski definition) is 2. The fourth-order valence-corrected chi connectivity index (χ4v) is 2.20. The standard InChI is InChI=1S/C12H12BrNO2/c1-16-11(15)6-5-8-7-14-12-9(8)3-2-4-10(12)13/h2-4,7,14H,5-6H2,1H3.